The Morgan fingerprint density at radius 3 is 2.72 bits per heavy atom. The predicted octanol–water partition coefficient (Wildman–Crippen LogP) is 2.04. The number of phenols is 1. The molecule has 0 unspecified atom stereocenters. The zero-order valence-corrected chi connectivity index (χ0v) is 15.8. The van der Waals surface area contributed by atoms with E-state index < -0.39 is 9.84 Å². The molecule has 1 fully saturated rings. The third-order valence-electron chi connectivity index (χ3n) is 4.49. The summed E-state index contributed by atoms with van der Waals surface area (Å²) in [6.45, 7) is 2.24. The largest absolute Gasteiger partial charge is 0.504 e. The summed E-state index contributed by atoms with van der Waals surface area (Å²) in [5, 5.41) is 14.3. The molecule has 3 rings (SSSR count). The van der Waals surface area contributed by atoms with Gasteiger partial charge in [0.25, 0.3) is 0 Å². The van der Waals surface area contributed by atoms with Crippen molar-refractivity contribution in [3.05, 3.63) is 29.5 Å². The molecule has 0 saturated carbocycles. The second-order valence-corrected chi connectivity index (χ2v) is 9.20. The molecule has 0 amide bonds. The normalized spacial score (nSPS) is 16.9. The summed E-state index contributed by atoms with van der Waals surface area (Å²) in [6.07, 6.45) is 2.84. The van der Waals surface area contributed by atoms with Gasteiger partial charge in [0.1, 0.15) is 0 Å². The highest BCUT2D eigenvalue weighted by molar-refractivity contribution is 7.92. The second-order valence-electron chi connectivity index (χ2n) is 6.24. The lowest BCUT2D eigenvalue weighted by molar-refractivity contribution is 0.200. The van der Waals surface area contributed by atoms with E-state index in [-0.39, 0.29) is 15.9 Å². The molecular weight excluding hydrogens is 362 g/mol. The van der Waals surface area contributed by atoms with Gasteiger partial charge < -0.3 is 9.84 Å². The van der Waals surface area contributed by atoms with Crippen molar-refractivity contribution in [2.75, 3.05) is 26.5 Å². The molecule has 1 N–H and O–H groups in total. The maximum atomic E-state index is 11.8. The van der Waals surface area contributed by atoms with Crippen LogP contribution in [0, 0.1) is 0 Å². The average molecular weight is 383 g/mol. The molecule has 1 aliphatic rings. The van der Waals surface area contributed by atoms with Crippen LogP contribution in [0.1, 0.15) is 30.0 Å². The van der Waals surface area contributed by atoms with Crippen LogP contribution in [-0.2, 0) is 16.4 Å². The summed E-state index contributed by atoms with van der Waals surface area (Å²) in [4.78, 5) is 2.24. The molecule has 0 atom stereocenters. The van der Waals surface area contributed by atoms with E-state index in [1.165, 1.54) is 13.4 Å². The minimum Gasteiger partial charge on any atom is -0.504 e. The van der Waals surface area contributed by atoms with Crippen molar-refractivity contribution >= 4 is 21.4 Å². The van der Waals surface area contributed by atoms with E-state index >= 15 is 0 Å². The topological polar surface area (TPSA) is 92.6 Å². The fourth-order valence-corrected chi connectivity index (χ4v) is 4.89. The van der Waals surface area contributed by atoms with Gasteiger partial charge in [-0.05, 0) is 32.0 Å². The van der Waals surface area contributed by atoms with Crippen LogP contribution in [0.25, 0.3) is 0 Å². The van der Waals surface area contributed by atoms with E-state index in [1.807, 2.05) is 12.1 Å². The fourth-order valence-electron chi connectivity index (χ4n) is 3.16. The van der Waals surface area contributed by atoms with Crippen LogP contribution in [0.2, 0.25) is 0 Å². The van der Waals surface area contributed by atoms with Crippen molar-refractivity contribution in [1.29, 1.82) is 0 Å². The number of methoxy groups -OCH3 is 1. The molecular formula is C16H21N3O4S2. The van der Waals surface area contributed by atoms with E-state index in [4.69, 9.17) is 4.74 Å². The summed E-state index contributed by atoms with van der Waals surface area (Å²) >= 11 is 0.950. The Hall–Kier alpha value is -1.71. The Kier molecular flexibility index (Phi) is 5.26. The van der Waals surface area contributed by atoms with Gasteiger partial charge in [-0.25, -0.2) is 8.42 Å². The Morgan fingerprint density at radius 2 is 2.08 bits per heavy atom. The third-order valence-corrected chi connectivity index (χ3v) is 7.04. The summed E-state index contributed by atoms with van der Waals surface area (Å²) in [7, 11) is -1.75. The van der Waals surface area contributed by atoms with Crippen LogP contribution in [0.4, 0.5) is 0 Å². The average Bonchev–Trinajstić information content (AvgIpc) is 3.07. The molecule has 1 aromatic carbocycles. The van der Waals surface area contributed by atoms with Gasteiger partial charge in [-0.15, -0.1) is 5.10 Å². The molecule has 1 aliphatic heterocycles. The monoisotopic (exact) mass is 383 g/mol. The van der Waals surface area contributed by atoms with Crippen LogP contribution in [0.15, 0.2) is 22.4 Å². The van der Waals surface area contributed by atoms with Crippen LogP contribution in [0.3, 0.4) is 0 Å². The Bertz CT molecular complexity index is 843. The Morgan fingerprint density at radius 1 is 1.36 bits per heavy atom. The summed E-state index contributed by atoms with van der Waals surface area (Å²) in [6, 6.07) is 5.48. The van der Waals surface area contributed by atoms with Crippen molar-refractivity contribution in [1.82, 2.24) is 14.5 Å². The highest BCUT2D eigenvalue weighted by Gasteiger charge is 2.29. The zero-order valence-electron chi connectivity index (χ0n) is 14.2. The lowest BCUT2D eigenvalue weighted by Crippen LogP contribution is -2.32. The van der Waals surface area contributed by atoms with Gasteiger partial charge in [-0.2, -0.15) is 0 Å². The Labute approximate surface area is 151 Å². The molecule has 0 radical (unpaired) electrons. The van der Waals surface area contributed by atoms with Crippen molar-refractivity contribution in [2.45, 2.75) is 29.5 Å². The number of hydrogen-bond acceptors (Lipinski definition) is 8. The van der Waals surface area contributed by atoms with Gasteiger partial charge in [0, 0.05) is 35.8 Å². The lowest BCUT2D eigenvalue weighted by atomic mass is 9.94. The molecule has 1 aromatic heterocycles. The second kappa shape index (κ2) is 7.27. The fraction of sp³-hybridized carbons (Fsp3) is 0.500. The number of sulfone groups is 1. The first-order valence-electron chi connectivity index (χ1n) is 7.99. The number of likely N-dealkylation sites (tertiary alicyclic amines) is 1. The Balaban J connectivity index is 1.66. The van der Waals surface area contributed by atoms with E-state index in [9.17, 15) is 13.5 Å². The lowest BCUT2D eigenvalue weighted by Gasteiger charge is -2.31. The van der Waals surface area contributed by atoms with Crippen LogP contribution in [0.5, 0.6) is 11.5 Å². The minimum absolute atomic E-state index is 0.110. The van der Waals surface area contributed by atoms with Gasteiger partial charge in [0.15, 0.2) is 25.5 Å². The number of ether oxygens (including phenoxy) is 1. The first kappa shape index (κ1) is 18.1. The zero-order chi connectivity index (χ0) is 18.0. The molecule has 7 nitrogen and oxygen atoms in total. The van der Waals surface area contributed by atoms with Crippen molar-refractivity contribution in [2.24, 2.45) is 0 Å². The number of aromatic hydroxyl groups is 1. The number of phenolic OH excluding ortho intramolecular Hbond substituents is 1. The van der Waals surface area contributed by atoms with Gasteiger partial charge in [-0.3, -0.25) is 4.90 Å². The van der Waals surface area contributed by atoms with Gasteiger partial charge in [-0.1, -0.05) is 16.6 Å². The summed E-state index contributed by atoms with van der Waals surface area (Å²) < 4.78 is 33.0. The van der Waals surface area contributed by atoms with E-state index in [0.717, 1.165) is 43.0 Å². The summed E-state index contributed by atoms with van der Waals surface area (Å²) in [5.74, 6) is 0.757. The first-order chi connectivity index (χ1) is 11.9. The SMILES string of the molecule is COc1cccc(CN2CCC(c3nnsc3S(C)(=O)=O)CC2)c1O. The molecule has 1 saturated heterocycles. The van der Waals surface area contributed by atoms with E-state index in [2.05, 4.69) is 14.5 Å². The van der Waals surface area contributed by atoms with Gasteiger partial charge in [0.2, 0.25) is 0 Å². The number of para-hydroxylation sites is 1. The molecule has 0 spiro atoms. The number of hydrogen-bond donors (Lipinski definition) is 1. The molecule has 9 heteroatoms. The molecule has 0 aliphatic carbocycles. The first-order valence-corrected chi connectivity index (χ1v) is 10.7. The minimum atomic E-state index is -3.28. The molecule has 2 heterocycles. The highest BCUT2D eigenvalue weighted by Crippen LogP contribution is 2.35. The number of rotatable bonds is 5. The van der Waals surface area contributed by atoms with Crippen LogP contribution in [-0.4, -0.2) is 54.5 Å². The smallest absolute Gasteiger partial charge is 0.188 e. The maximum Gasteiger partial charge on any atom is 0.188 e. The molecule has 25 heavy (non-hydrogen) atoms. The highest BCUT2D eigenvalue weighted by atomic mass is 32.2. The predicted molar refractivity (Wildman–Crippen MR) is 94.9 cm³/mol. The number of nitrogens with zero attached hydrogens (tertiary/aromatic N) is 3. The van der Waals surface area contributed by atoms with Crippen LogP contribution >= 0.6 is 11.5 Å². The van der Waals surface area contributed by atoms with E-state index in [0.29, 0.717) is 18.0 Å². The van der Waals surface area contributed by atoms with Gasteiger partial charge >= 0.3 is 0 Å². The standard InChI is InChI=1S/C16H21N3O4S2/c1-23-13-5-3-4-12(15(13)20)10-19-8-6-11(7-9-19)14-16(24-18-17-14)25(2,21)22/h3-5,11,20H,6-10H2,1-2H3. The number of aromatic nitrogens is 2. The molecule has 136 valence electrons. The van der Waals surface area contributed by atoms with E-state index in [1.54, 1.807) is 6.07 Å². The summed E-state index contributed by atoms with van der Waals surface area (Å²) in [5.41, 5.74) is 1.43. The van der Waals surface area contributed by atoms with Crippen LogP contribution < -0.4 is 4.74 Å². The van der Waals surface area contributed by atoms with Crippen molar-refractivity contribution < 1.29 is 18.3 Å². The van der Waals surface area contributed by atoms with Gasteiger partial charge in [0.05, 0.1) is 12.8 Å². The quantitative estimate of drug-likeness (QED) is 0.844. The third kappa shape index (κ3) is 3.94. The van der Waals surface area contributed by atoms with Crippen molar-refractivity contribution in [3.8, 4) is 11.5 Å². The number of piperidine rings is 1. The molecule has 2 aromatic rings. The maximum absolute atomic E-state index is 11.8. The van der Waals surface area contributed by atoms with Crippen molar-refractivity contribution in [3.63, 3.8) is 0 Å². The number of benzene rings is 1. The molecule has 0 bridgehead atoms.